The Morgan fingerprint density at radius 2 is 1.54 bits per heavy atom. The van der Waals surface area contributed by atoms with E-state index in [-0.39, 0.29) is 5.91 Å². The number of nitrogens with zero attached hydrogens (tertiary/aromatic N) is 1. The van der Waals surface area contributed by atoms with E-state index in [1.54, 1.807) is 36.4 Å². The van der Waals surface area contributed by atoms with Crippen LogP contribution < -0.4 is 5.32 Å². The fraction of sp³-hybridized carbons (Fsp3) is 0. The molecule has 0 saturated heterocycles. The molecule has 0 aliphatic rings. The highest BCUT2D eigenvalue weighted by Gasteiger charge is 2.15. The highest BCUT2D eigenvalue weighted by molar-refractivity contribution is 6.37. The van der Waals surface area contributed by atoms with Crippen molar-refractivity contribution in [2.75, 3.05) is 5.32 Å². The average Bonchev–Trinajstić information content (AvgIpc) is 2.69. The van der Waals surface area contributed by atoms with Crippen molar-refractivity contribution in [1.82, 2.24) is 4.98 Å². The number of rotatable bonds is 3. The lowest BCUT2D eigenvalue weighted by Crippen LogP contribution is -2.13. The van der Waals surface area contributed by atoms with Crippen LogP contribution in [-0.2, 0) is 0 Å². The molecule has 1 aromatic heterocycles. The first-order valence-electron chi connectivity index (χ1n) is 8.43. The van der Waals surface area contributed by atoms with Gasteiger partial charge in [0.2, 0.25) is 0 Å². The molecule has 1 heterocycles. The summed E-state index contributed by atoms with van der Waals surface area (Å²) in [7, 11) is 0. The minimum Gasteiger partial charge on any atom is -0.321 e. The number of halogens is 3. The molecule has 3 aromatic carbocycles. The summed E-state index contributed by atoms with van der Waals surface area (Å²) in [5.74, 6) is -0.280. The molecule has 1 N–H and O–H groups in total. The highest BCUT2D eigenvalue weighted by Crippen LogP contribution is 2.29. The number of anilines is 1. The smallest absolute Gasteiger partial charge is 0.256 e. The summed E-state index contributed by atoms with van der Waals surface area (Å²) in [6, 6.07) is 21.5. The molecular formula is C22H13Cl3N2O. The standard InChI is InChI=1S/C22H13Cl3N2O/c23-14-7-5-13(6-8-14)21-12-17(16-3-1-2-4-19(16)26-21)22(28)27-20-10-9-15(24)11-18(20)25/h1-12H,(H,27,28). The molecule has 0 spiro atoms. The molecule has 0 fully saturated rings. The molecule has 6 heteroatoms. The topological polar surface area (TPSA) is 42.0 Å². The second kappa shape index (κ2) is 7.80. The van der Waals surface area contributed by atoms with E-state index < -0.39 is 0 Å². The van der Waals surface area contributed by atoms with Crippen LogP contribution in [0.2, 0.25) is 15.1 Å². The predicted molar refractivity (Wildman–Crippen MR) is 117 cm³/mol. The van der Waals surface area contributed by atoms with Crippen molar-refractivity contribution in [2.24, 2.45) is 0 Å². The molecule has 0 bridgehead atoms. The molecule has 4 rings (SSSR count). The number of aromatic nitrogens is 1. The van der Waals surface area contributed by atoms with Crippen LogP contribution in [0.15, 0.2) is 72.8 Å². The monoisotopic (exact) mass is 426 g/mol. The molecule has 0 saturated carbocycles. The molecular weight excluding hydrogens is 415 g/mol. The fourth-order valence-corrected chi connectivity index (χ4v) is 3.49. The number of nitrogens with one attached hydrogen (secondary N) is 1. The van der Waals surface area contributed by atoms with Crippen molar-refractivity contribution >= 4 is 57.3 Å². The van der Waals surface area contributed by atoms with Crippen molar-refractivity contribution in [2.45, 2.75) is 0 Å². The van der Waals surface area contributed by atoms with Gasteiger partial charge in [-0.2, -0.15) is 0 Å². The third-order valence-electron chi connectivity index (χ3n) is 4.28. The number of carbonyl (C=O) groups excluding carboxylic acids is 1. The summed E-state index contributed by atoms with van der Waals surface area (Å²) in [5.41, 5.74) is 3.27. The fourth-order valence-electron chi connectivity index (χ4n) is 2.91. The Bertz CT molecular complexity index is 1190. The molecule has 4 aromatic rings. The quantitative estimate of drug-likeness (QED) is 0.378. The summed E-state index contributed by atoms with van der Waals surface area (Å²) in [5, 5.41) is 5.12. The number of para-hydroxylation sites is 1. The maximum absolute atomic E-state index is 13.1. The Kier molecular flexibility index (Phi) is 5.23. The number of hydrogen-bond donors (Lipinski definition) is 1. The summed E-state index contributed by atoms with van der Waals surface area (Å²) < 4.78 is 0. The molecule has 3 nitrogen and oxygen atoms in total. The lowest BCUT2D eigenvalue weighted by atomic mass is 10.0. The zero-order chi connectivity index (χ0) is 19.7. The second-order valence-electron chi connectivity index (χ2n) is 6.16. The first kappa shape index (κ1) is 18.8. The van der Waals surface area contributed by atoms with E-state index in [2.05, 4.69) is 10.3 Å². The van der Waals surface area contributed by atoms with Gasteiger partial charge in [-0.15, -0.1) is 0 Å². The average molecular weight is 428 g/mol. The minimum atomic E-state index is -0.280. The van der Waals surface area contributed by atoms with Gasteiger partial charge in [-0.25, -0.2) is 4.98 Å². The van der Waals surface area contributed by atoms with Crippen molar-refractivity contribution in [1.29, 1.82) is 0 Å². The second-order valence-corrected chi connectivity index (χ2v) is 7.44. The molecule has 0 aliphatic heterocycles. The normalized spacial score (nSPS) is 10.8. The van der Waals surface area contributed by atoms with E-state index in [9.17, 15) is 4.79 Å². The summed E-state index contributed by atoms with van der Waals surface area (Å²) in [6.45, 7) is 0. The van der Waals surface area contributed by atoms with Crippen LogP contribution in [-0.4, -0.2) is 10.9 Å². The summed E-state index contributed by atoms with van der Waals surface area (Å²) >= 11 is 18.1. The Balaban J connectivity index is 1.80. The van der Waals surface area contributed by atoms with Crippen LogP contribution in [0, 0.1) is 0 Å². The van der Waals surface area contributed by atoms with E-state index in [0.717, 1.165) is 16.5 Å². The van der Waals surface area contributed by atoms with Crippen LogP contribution in [0.1, 0.15) is 10.4 Å². The number of pyridine rings is 1. The largest absolute Gasteiger partial charge is 0.321 e. The predicted octanol–water partition coefficient (Wildman–Crippen LogP) is 7.11. The maximum atomic E-state index is 13.1. The Hall–Kier alpha value is -2.59. The van der Waals surface area contributed by atoms with Gasteiger partial charge in [0.25, 0.3) is 5.91 Å². The molecule has 1 amide bonds. The van der Waals surface area contributed by atoms with Crippen molar-refractivity contribution in [3.05, 3.63) is 93.4 Å². The molecule has 0 aliphatic carbocycles. The van der Waals surface area contributed by atoms with Crippen LogP contribution >= 0.6 is 34.8 Å². The summed E-state index contributed by atoms with van der Waals surface area (Å²) in [6.07, 6.45) is 0. The molecule has 0 atom stereocenters. The zero-order valence-corrected chi connectivity index (χ0v) is 16.7. The van der Waals surface area contributed by atoms with E-state index in [4.69, 9.17) is 34.8 Å². The molecule has 138 valence electrons. The number of hydrogen-bond acceptors (Lipinski definition) is 2. The highest BCUT2D eigenvalue weighted by atomic mass is 35.5. The van der Waals surface area contributed by atoms with Crippen molar-refractivity contribution in [3.8, 4) is 11.3 Å². The third kappa shape index (κ3) is 3.83. The Labute approximate surface area is 176 Å². The zero-order valence-electron chi connectivity index (χ0n) is 14.4. The van der Waals surface area contributed by atoms with Gasteiger partial charge in [0, 0.05) is 21.0 Å². The molecule has 0 unspecified atom stereocenters. The third-order valence-corrected chi connectivity index (χ3v) is 5.08. The van der Waals surface area contributed by atoms with Crippen LogP contribution in [0.5, 0.6) is 0 Å². The summed E-state index contributed by atoms with van der Waals surface area (Å²) in [4.78, 5) is 17.7. The van der Waals surface area contributed by atoms with Crippen LogP contribution in [0.25, 0.3) is 22.2 Å². The van der Waals surface area contributed by atoms with Crippen LogP contribution in [0.3, 0.4) is 0 Å². The minimum absolute atomic E-state index is 0.280. The van der Waals surface area contributed by atoms with Crippen molar-refractivity contribution in [3.63, 3.8) is 0 Å². The number of amides is 1. The first-order valence-corrected chi connectivity index (χ1v) is 9.57. The lowest BCUT2D eigenvalue weighted by molar-refractivity contribution is 0.102. The van der Waals surface area contributed by atoms with E-state index in [1.165, 1.54) is 0 Å². The van der Waals surface area contributed by atoms with E-state index in [1.807, 2.05) is 36.4 Å². The van der Waals surface area contributed by atoms with Gasteiger partial charge in [0.05, 0.1) is 27.5 Å². The van der Waals surface area contributed by atoms with Gasteiger partial charge >= 0.3 is 0 Å². The van der Waals surface area contributed by atoms with E-state index >= 15 is 0 Å². The Morgan fingerprint density at radius 1 is 0.821 bits per heavy atom. The maximum Gasteiger partial charge on any atom is 0.256 e. The lowest BCUT2D eigenvalue weighted by Gasteiger charge is -2.12. The van der Waals surface area contributed by atoms with Gasteiger partial charge in [-0.05, 0) is 42.5 Å². The van der Waals surface area contributed by atoms with Gasteiger partial charge < -0.3 is 5.32 Å². The number of benzene rings is 3. The Morgan fingerprint density at radius 3 is 2.29 bits per heavy atom. The van der Waals surface area contributed by atoms with Gasteiger partial charge in [-0.1, -0.05) is 65.1 Å². The van der Waals surface area contributed by atoms with Gasteiger partial charge in [0.1, 0.15) is 0 Å². The van der Waals surface area contributed by atoms with Crippen molar-refractivity contribution < 1.29 is 4.79 Å². The molecule has 0 radical (unpaired) electrons. The molecule has 28 heavy (non-hydrogen) atoms. The number of fused-ring (bicyclic) bond motifs is 1. The number of carbonyl (C=O) groups is 1. The van der Waals surface area contributed by atoms with Crippen LogP contribution in [0.4, 0.5) is 5.69 Å². The van der Waals surface area contributed by atoms with E-state index in [0.29, 0.717) is 32.0 Å². The van der Waals surface area contributed by atoms with Gasteiger partial charge in [0.15, 0.2) is 0 Å². The van der Waals surface area contributed by atoms with Gasteiger partial charge in [-0.3, -0.25) is 4.79 Å². The SMILES string of the molecule is O=C(Nc1ccc(Cl)cc1Cl)c1cc(-c2ccc(Cl)cc2)nc2ccccc12. The first-order chi connectivity index (χ1) is 13.5.